The average molecular weight is 292 g/mol. The van der Waals surface area contributed by atoms with Crippen molar-refractivity contribution in [3.05, 3.63) is 65.2 Å². The van der Waals surface area contributed by atoms with Gasteiger partial charge in [0.05, 0.1) is 6.61 Å². The van der Waals surface area contributed by atoms with E-state index < -0.39 is 11.6 Å². The van der Waals surface area contributed by atoms with Crippen molar-refractivity contribution in [2.75, 3.05) is 6.61 Å². The standard InChI is InChI=1S/C16H18F2N2O/c1-11-3-2-4-15(7-11)21-6-5-16(20-19)12-8-13(17)10-14(18)9-12/h2-4,7-10,16,20H,5-6,19H2,1H3. The summed E-state index contributed by atoms with van der Waals surface area (Å²) in [4.78, 5) is 0. The van der Waals surface area contributed by atoms with E-state index in [9.17, 15) is 8.78 Å². The third-order valence-corrected chi connectivity index (χ3v) is 3.15. The van der Waals surface area contributed by atoms with Crippen LogP contribution in [0.15, 0.2) is 42.5 Å². The lowest BCUT2D eigenvalue weighted by atomic mass is 10.0. The normalized spacial score (nSPS) is 12.2. The number of hydrogen-bond donors (Lipinski definition) is 2. The van der Waals surface area contributed by atoms with E-state index in [-0.39, 0.29) is 6.04 Å². The number of nitrogens with two attached hydrogens (primary N) is 1. The fraction of sp³-hybridized carbons (Fsp3) is 0.250. The van der Waals surface area contributed by atoms with Crippen LogP contribution in [0.3, 0.4) is 0 Å². The Balaban J connectivity index is 1.96. The molecule has 5 heteroatoms. The molecule has 0 heterocycles. The van der Waals surface area contributed by atoms with Crippen LogP contribution in [0.2, 0.25) is 0 Å². The first-order valence-electron chi connectivity index (χ1n) is 6.70. The minimum atomic E-state index is -0.621. The second-order valence-electron chi connectivity index (χ2n) is 4.88. The predicted octanol–water partition coefficient (Wildman–Crippen LogP) is 3.25. The average Bonchev–Trinajstić information content (AvgIpc) is 2.42. The van der Waals surface area contributed by atoms with Crippen molar-refractivity contribution in [1.29, 1.82) is 0 Å². The maximum Gasteiger partial charge on any atom is 0.126 e. The van der Waals surface area contributed by atoms with Crippen molar-refractivity contribution >= 4 is 0 Å². The van der Waals surface area contributed by atoms with Crippen LogP contribution in [0.1, 0.15) is 23.6 Å². The maximum atomic E-state index is 13.2. The molecule has 112 valence electrons. The Morgan fingerprint density at radius 3 is 2.48 bits per heavy atom. The van der Waals surface area contributed by atoms with Gasteiger partial charge >= 0.3 is 0 Å². The molecule has 21 heavy (non-hydrogen) atoms. The molecule has 1 atom stereocenters. The molecular formula is C16H18F2N2O. The lowest BCUT2D eigenvalue weighted by Crippen LogP contribution is -2.29. The summed E-state index contributed by atoms with van der Waals surface area (Å²) in [6, 6.07) is 10.7. The van der Waals surface area contributed by atoms with Crippen LogP contribution in [0.25, 0.3) is 0 Å². The Bertz CT molecular complexity index is 584. The molecule has 0 amide bonds. The van der Waals surface area contributed by atoms with E-state index in [2.05, 4.69) is 5.43 Å². The van der Waals surface area contributed by atoms with Crippen LogP contribution in [0, 0.1) is 18.6 Å². The quantitative estimate of drug-likeness (QED) is 0.634. The molecule has 3 N–H and O–H groups in total. The molecule has 3 nitrogen and oxygen atoms in total. The Labute approximate surface area is 122 Å². The lowest BCUT2D eigenvalue weighted by molar-refractivity contribution is 0.286. The highest BCUT2D eigenvalue weighted by Gasteiger charge is 2.12. The van der Waals surface area contributed by atoms with E-state index in [0.29, 0.717) is 18.6 Å². The molecule has 0 saturated carbocycles. The van der Waals surface area contributed by atoms with Gasteiger partial charge in [-0.1, -0.05) is 12.1 Å². The Hall–Kier alpha value is -1.98. The fourth-order valence-corrected chi connectivity index (χ4v) is 2.12. The molecular weight excluding hydrogens is 274 g/mol. The van der Waals surface area contributed by atoms with Gasteiger partial charge in [0.15, 0.2) is 0 Å². The number of nitrogens with one attached hydrogen (secondary N) is 1. The predicted molar refractivity (Wildman–Crippen MR) is 77.7 cm³/mol. The first kappa shape index (κ1) is 15.4. The molecule has 0 bridgehead atoms. The number of halogens is 2. The summed E-state index contributed by atoms with van der Waals surface area (Å²) in [6.45, 7) is 2.36. The molecule has 0 aliphatic rings. The summed E-state index contributed by atoms with van der Waals surface area (Å²) in [5.74, 6) is 4.98. The van der Waals surface area contributed by atoms with Crippen molar-refractivity contribution in [2.24, 2.45) is 5.84 Å². The van der Waals surface area contributed by atoms with Gasteiger partial charge in [-0.05, 0) is 42.3 Å². The number of benzene rings is 2. The van der Waals surface area contributed by atoms with Gasteiger partial charge in [-0.3, -0.25) is 11.3 Å². The van der Waals surface area contributed by atoms with E-state index in [4.69, 9.17) is 10.6 Å². The van der Waals surface area contributed by atoms with Gasteiger partial charge < -0.3 is 4.74 Å². The van der Waals surface area contributed by atoms with Crippen molar-refractivity contribution in [1.82, 2.24) is 5.43 Å². The van der Waals surface area contributed by atoms with Crippen LogP contribution in [0.4, 0.5) is 8.78 Å². The largest absolute Gasteiger partial charge is 0.494 e. The van der Waals surface area contributed by atoms with Gasteiger partial charge in [-0.15, -0.1) is 0 Å². The third kappa shape index (κ3) is 4.51. The zero-order valence-corrected chi connectivity index (χ0v) is 11.8. The highest BCUT2D eigenvalue weighted by Crippen LogP contribution is 2.20. The SMILES string of the molecule is Cc1cccc(OCCC(NN)c2cc(F)cc(F)c2)c1. The van der Waals surface area contributed by atoms with Gasteiger partial charge in [-0.2, -0.15) is 0 Å². The topological polar surface area (TPSA) is 47.3 Å². The van der Waals surface area contributed by atoms with E-state index >= 15 is 0 Å². The van der Waals surface area contributed by atoms with Crippen molar-refractivity contribution in [3.8, 4) is 5.75 Å². The number of hydrazine groups is 1. The summed E-state index contributed by atoms with van der Waals surface area (Å²) < 4.78 is 32.1. The van der Waals surface area contributed by atoms with Gasteiger partial charge in [0.2, 0.25) is 0 Å². The van der Waals surface area contributed by atoms with Crippen molar-refractivity contribution < 1.29 is 13.5 Å². The van der Waals surface area contributed by atoms with Crippen LogP contribution >= 0.6 is 0 Å². The van der Waals surface area contributed by atoms with Gasteiger partial charge in [-0.25, -0.2) is 8.78 Å². The van der Waals surface area contributed by atoms with Crippen LogP contribution < -0.4 is 16.0 Å². The number of hydrogen-bond acceptors (Lipinski definition) is 3. The molecule has 1 unspecified atom stereocenters. The maximum absolute atomic E-state index is 13.2. The summed E-state index contributed by atoms with van der Waals surface area (Å²) >= 11 is 0. The second kappa shape index (κ2) is 7.15. The van der Waals surface area contributed by atoms with Crippen LogP contribution in [-0.4, -0.2) is 6.61 Å². The number of ether oxygens (including phenoxy) is 1. The summed E-state index contributed by atoms with van der Waals surface area (Å²) in [5.41, 5.74) is 4.12. The van der Waals surface area contributed by atoms with E-state index in [1.807, 2.05) is 31.2 Å². The molecule has 2 aromatic rings. The van der Waals surface area contributed by atoms with Crippen molar-refractivity contribution in [3.63, 3.8) is 0 Å². The van der Waals surface area contributed by atoms with Gasteiger partial charge in [0.1, 0.15) is 17.4 Å². The molecule has 0 fully saturated rings. The minimum Gasteiger partial charge on any atom is -0.494 e. The first-order chi connectivity index (χ1) is 10.1. The highest BCUT2D eigenvalue weighted by molar-refractivity contribution is 5.27. The molecule has 2 aromatic carbocycles. The van der Waals surface area contributed by atoms with Crippen LogP contribution in [-0.2, 0) is 0 Å². The molecule has 0 spiro atoms. The minimum absolute atomic E-state index is 0.375. The zero-order valence-electron chi connectivity index (χ0n) is 11.8. The lowest BCUT2D eigenvalue weighted by Gasteiger charge is -2.17. The smallest absolute Gasteiger partial charge is 0.126 e. The highest BCUT2D eigenvalue weighted by atomic mass is 19.1. The Kier molecular flexibility index (Phi) is 5.25. The third-order valence-electron chi connectivity index (χ3n) is 3.15. The number of rotatable bonds is 6. The first-order valence-corrected chi connectivity index (χ1v) is 6.70. The van der Waals surface area contributed by atoms with Gasteiger partial charge in [0, 0.05) is 18.5 Å². The summed E-state index contributed by atoms with van der Waals surface area (Å²) in [5, 5.41) is 0. The van der Waals surface area contributed by atoms with Gasteiger partial charge in [0.25, 0.3) is 0 Å². The number of aryl methyl sites for hydroxylation is 1. The van der Waals surface area contributed by atoms with E-state index in [1.165, 1.54) is 12.1 Å². The second-order valence-corrected chi connectivity index (χ2v) is 4.88. The molecule has 0 saturated heterocycles. The Morgan fingerprint density at radius 2 is 1.86 bits per heavy atom. The summed E-state index contributed by atoms with van der Waals surface area (Å²) in [7, 11) is 0. The van der Waals surface area contributed by atoms with Crippen LogP contribution in [0.5, 0.6) is 5.75 Å². The molecule has 0 aromatic heterocycles. The molecule has 0 aliphatic heterocycles. The molecule has 2 rings (SSSR count). The van der Waals surface area contributed by atoms with Crippen molar-refractivity contribution in [2.45, 2.75) is 19.4 Å². The van der Waals surface area contributed by atoms with E-state index in [0.717, 1.165) is 17.4 Å². The zero-order chi connectivity index (χ0) is 15.2. The Morgan fingerprint density at radius 1 is 1.14 bits per heavy atom. The molecule has 0 aliphatic carbocycles. The van der Waals surface area contributed by atoms with E-state index in [1.54, 1.807) is 0 Å². The summed E-state index contributed by atoms with van der Waals surface area (Å²) in [6.07, 6.45) is 0.493. The molecule has 0 radical (unpaired) electrons. The monoisotopic (exact) mass is 292 g/mol. The fourth-order valence-electron chi connectivity index (χ4n) is 2.12.